The first-order valence-electron chi connectivity index (χ1n) is 6.89. The number of rotatable bonds is 4. The van der Waals surface area contributed by atoms with Gasteiger partial charge >= 0.3 is 0 Å². The minimum Gasteiger partial charge on any atom is -0.491 e. The van der Waals surface area contributed by atoms with Gasteiger partial charge in [0.05, 0.1) is 18.0 Å². The van der Waals surface area contributed by atoms with E-state index in [1.54, 1.807) is 6.07 Å². The van der Waals surface area contributed by atoms with Gasteiger partial charge in [-0.1, -0.05) is 13.8 Å². The predicted octanol–water partition coefficient (Wildman–Crippen LogP) is 3.80. The van der Waals surface area contributed by atoms with E-state index in [1.165, 1.54) is 12.5 Å². The van der Waals surface area contributed by atoms with Crippen molar-refractivity contribution in [3.05, 3.63) is 17.9 Å². The minimum absolute atomic E-state index is 0.261. The van der Waals surface area contributed by atoms with Gasteiger partial charge in [-0.05, 0) is 31.6 Å². The normalized spacial score (nSPS) is 21.4. The molecule has 0 spiro atoms. The smallest absolute Gasteiger partial charge is 0.167 e. The molecule has 1 aliphatic rings. The second-order valence-electron chi connectivity index (χ2n) is 6.05. The number of anilines is 2. The van der Waals surface area contributed by atoms with Gasteiger partial charge in [-0.25, -0.2) is 4.39 Å². The third-order valence-electron chi connectivity index (χ3n) is 3.73. The van der Waals surface area contributed by atoms with Crippen molar-refractivity contribution in [3.63, 3.8) is 0 Å². The van der Waals surface area contributed by atoms with Gasteiger partial charge in [0, 0.05) is 18.2 Å². The van der Waals surface area contributed by atoms with Crippen LogP contribution in [-0.4, -0.2) is 12.6 Å². The van der Waals surface area contributed by atoms with Crippen molar-refractivity contribution in [2.75, 3.05) is 17.7 Å². The first-order valence-corrected chi connectivity index (χ1v) is 6.89. The number of nitrogens with two attached hydrogens (primary N) is 1. The summed E-state index contributed by atoms with van der Waals surface area (Å²) in [5.74, 6) is -0.145. The molecule has 3 nitrogen and oxygen atoms in total. The van der Waals surface area contributed by atoms with Crippen LogP contribution < -0.4 is 15.8 Å². The predicted molar refractivity (Wildman–Crippen MR) is 77.0 cm³/mol. The average molecular weight is 266 g/mol. The minimum atomic E-state index is -0.406. The maximum atomic E-state index is 13.6. The maximum Gasteiger partial charge on any atom is 0.167 e. The van der Waals surface area contributed by atoms with Crippen LogP contribution in [0.2, 0.25) is 0 Å². The van der Waals surface area contributed by atoms with Crippen LogP contribution in [-0.2, 0) is 0 Å². The molecule has 106 valence electrons. The maximum absolute atomic E-state index is 13.6. The standard InChI is InChI=1S/C15H23FN2O/c1-4-19-14-8-13(12(17)7-11(14)16)18-10-5-6-15(2,3)9-10/h7-8,10,18H,4-6,9,17H2,1-3H3. The van der Waals surface area contributed by atoms with Gasteiger partial charge in [0.15, 0.2) is 11.6 Å². The van der Waals surface area contributed by atoms with E-state index in [-0.39, 0.29) is 5.75 Å². The van der Waals surface area contributed by atoms with E-state index in [4.69, 9.17) is 10.5 Å². The van der Waals surface area contributed by atoms with Gasteiger partial charge in [0.1, 0.15) is 0 Å². The Morgan fingerprint density at radius 1 is 1.47 bits per heavy atom. The van der Waals surface area contributed by atoms with E-state index >= 15 is 0 Å². The zero-order valence-electron chi connectivity index (χ0n) is 11.9. The molecule has 1 aliphatic carbocycles. The Bertz CT molecular complexity index is 460. The highest BCUT2D eigenvalue weighted by Crippen LogP contribution is 2.39. The molecule has 2 rings (SSSR count). The number of nitrogens with one attached hydrogen (secondary N) is 1. The number of benzene rings is 1. The Morgan fingerprint density at radius 2 is 2.21 bits per heavy atom. The monoisotopic (exact) mass is 266 g/mol. The Labute approximate surface area is 114 Å². The van der Waals surface area contributed by atoms with E-state index in [2.05, 4.69) is 19.2 Å². The second kappa shape index (κ2) is 5.27. The fourth-order valence-electron chi connectivity index (χ4n) is 2.74. The second-order valence-corrected chi connectivity index (χ2v) is 6.05. The molecule has 0 aliphatic heterocycles. The SMILES string of the molecule is CCOc1cc(NC2CCC(C)(C)C2)c(N)cc1F. The molecule has 0 bridgehead atoms. The lowest BCUT2D eigenvalue weighted by molar-refractivity contribution is 0.322. The van der Waals surface area contributed by atoms with E-state index in [1.807, 2.05) is 6.92 Å². The molecule has 3 N–H and O–H groups in total. The molecule has 0 amide bonds. The summed E-state index contributed by atoms with van der Waals surface area (Å²) >= 11 is 0. The Hall–Kier alpha value is -1.45. The Kier molecular flexibility index (Phi) is 3.88. The highest BCUT2D eigenvalue weighted by atomic mass is 19.1. The summed E-state index contributed by atoms with van der Waals surface area (Å²) in [6, 6.07) is 3.39. The lowest BCUT2D eigenvalue weighted by Crippen LogP contribution is -2.18. The number of halogens is 1. The molecule has 1 aromatic rings. The molecule has 0 aromatic heterocycles. The number of hydrogen-bond donors (Lipinski definition) is 2. The van der Waals surface area contributed by atoms with Crippen LogP contribution in [0.25, 0.3) is 0 Å². The molecule has 1 fully saturated rings. The summed E-state index contributed by atoms with van der Waals surface area (Å²) in [5.41, 5.74) is 7.45. The fourth-order valence-corrected chi connectivity index (χ4v) is 2.74. The van der Waals surface area contributed by atoms with Crippen molar-refractivity contribution in [2.45, 2.75) is 46.1 Å². The van der Waals surface area contributed by atoms with Crippen LogP contribution in [0.4, 0.5) is 15.8 Å². The third-order valence-corrected chi connectivity index (χ3v) is 3.73. The molecular weight excluding hydrogens is 243 g/mol. The van der Waals surface area contributed by atoms with Gasteiger partial charge in [-0.2, -0.15) is 0 Å². The molecule has 19 heavy (non-hydrogen) atoms. The van der Waals surface area contributed by atoms with E-state index in [9.17, 15) is 4.39 Å². The summed E-state index contributed by atoms with van der Waals surface area (Å²) in [6.07, 6.45) is 3.42. The summed E-state index contributed by atoms with van der Waals surface area (Å²) in [4.78, 5) is 0. The largest absolute Gasteiger partial charge is 0.491 e. The Balaban J connectivity index is 2.14. The number of nitrogen functional groups attached to an aromatic ring is 1. The van der Waals surface area contributed by atoms with E-state index in [0.29, 0.717) is 23.8 Å². The first kappa shape index (κ1) is 14.0. The molecule has 4 heteroatoms. The number of ether oxygens (including phenoxy) is 1. The molecule has 1 aromatic carbocycles. The highest BCUT2D eigenvalue weighted by Gasteiger charge is 2.31. The third kappa shape index (κ3) is 3.31. The van der Waals surface area contributed by atoms with Crippen LogP contribution in [0.5, 0.6) is 5.75 Å². The van der Waals surface area contributed by atoms with Crippen LogP contribution in [0.3, 0.4) is 0 Å². The quantitative estimate of drug-likeness (QED) is 0.815. The van der Waals surface area contributed by atoms with Crippen LogP contribution in [0, 0.1) is 11.2 Å². The molecule has 0 radical (unpaired) electrons. The van der Waals surface area contributed by atoms with Gasteiger partial charge in [0.25, 0.3) is 0 Å². The lowest BCUT2D eigenvalue weighted by atomic mass is 9.92. The molecule has 1 unspecified atom stereocenters. The van der Waals surface area contributed by atoms with Gasteiger partial charge in [-0.3, -0.25) is 0 Å². The van der Waals surface area contributed by atoms with Crippen LogP contribution in [0.15, 0.2) is 12.1 Å². The zero-order chi connectivity index (χ0) is 14.0. The summed E-state index contributed by atoms with van der Waals surface area (Å²) in [7, 11) is 0. The van der Waals surface area contributed by atoms with Gasteiger partial charge in [0.2, 0.25) is 0 Å². The summed E-state index contributed by atoms with van der Waals surface area (Å²) < 4.78 is 18.9. The van der Waals surface area contributed by atoms with Crippen molar-refractivity contribution in [2.24, 2.45) is 5.41 Å². The average Bonchev–Trinajstić information content (AvgIpc) is 2.65. The van der Waals surface area contributed by atoms with Gasteiger partial charge in [-0.15, -0.1) is 0 Å². The molecular formula is C15H23FN2O. The van der Waals surface area contributed by atoms with Crippen LogP contribution in [0.1, 0.15) is 40.0 Å². The fraction of sp³-hybridized carbons (Fsp3) is 0.600. The molecule has 0 heterocycles. The number of hydrogen-bond acceptors (Lipinski definition) is 3. The van der Waals surface area contributed by atoms with Crippen molar-refractivity contribution >= 4 is 11.4 Å². The molecule has 1 saturated carbocycles. The Morgan fingerprint density at radius 3 is 2.79 bits per heavy atom. The van der Waals surface area contributed by atoms with E-state index in [0.717, 1.165) is 18.5 Å². The van der Waals surface area contributed by atoms with E-state index < -0.39 is 5.82 Å². The van der Waals surface area contributed by atoms with Crippen molar-refractivity contribution in [1.82, 2.24) is 0 Å². The summed E-state index contributed by atoms with van der Waals surface area (Å²) in [6.45, 7) is 6.82. The van der Waals surface area contributed by atoms with Crippen molar-refractivity contribution in [1.29, 1.82) is 0 Å². The molecule has 1 atom stereocenters. The highest BCUT2D eigenvalue weighted by molar-refractivity contribution is 5.69. The summed E-state index contributed by atoms with van der Waals surface area (Å²) in [5, 5.41) is 3.42. The topological polar surface area (TPSA) is 47.3 Å². The van der Waals surface area contributed by atoms with Crippen LogP contribution >= 0.6 is 0 Å². The van der Waals surface area contributed by atoms with Gasteiger partial charge < -0.3 is 15.8 Å². The zero-order valence-corrected chi connectivity index (χ0v) is 11.9. The first-order chi connectivity index (χ1) is 8.91. The van der Waals surface area contributed by atoms with Crippen molar-refractivity contribution < 1.29 is 9.13 Å². The lowest BCUT2D eigenvalue weighted by Gasteiger charge is -2.20. The molecule has 0 saturated heterocycles. The van der Waals surface area contributed by atoms with Crippen molar-refractivity contribution in [3.8, 4) is 5.75 Å².